The first-order valence-electron chi connectivity index (χ1n) is 3.50. The molecule has 1 aliphatic carbocycles. The fourth-order valence-corrected chi connectivity index (χ4v) is 1.04. The van der Waals surface area contributed by atoms with Crippen molar-refractivity contribution in [2.24, 2.45) is 0 Å². The lowest BCUT2D eigenvalue weighted by atomic mass is 9.91. The van der Waals surface area contributed by atoms with Crippen LogP contribution in [0.15, 0.2) is 23.3 Å². The quantitative estimate of drug-likeness (QED) is 0.540. The molecule has 1 radical (unpaired) electrons. The Morgan fingerprint density at radius 1 is 1.20 bits per heavy atom. The summed E-state index contributed by atoms with van der Waals surface area (Å²) < 4.78 is 0. The fourth-order valence-electron chi connectivity index (χ4n) is 1.04. The minimum Gasteiger partial charge on any atom is -0.388 e. The van der Waals surface area contributed by atoms with E-state index in [-0.39, 0.29) is 6.10 Å². The van der Waals surface area contributed by atoms with Crippen molar-refractivity contribution in [1.82, 2.24) is 0 Å². The molecule has 0 saturated carbocycles. The van der Waals surface area contributed by atoms with Crippen molar-refractivity contribution in [2.75, 3.05) is 0 Å². The van der Waals surface area contributed by atoms with Crippen LogP contribution in [0.4, 0.5) is 0 Å². The van der Waals surface area contributed by atoms with Crippen molar-refractivity contribution < 1.29 is 5.11 Å². The molecule has 10 heavy (non-hydrogen) atoms. The summed E-state index contributed by atoms with van der Waals surface area (Å²) in [4.78, 5) is 0. The molecule has 1 unspecified atom stereocenters. The summed E-state index contributed by atoms with van der Waals surface area (Å²) in [5.41, 5.74) is 2.43. The molecule has 1 nitrogen and oxygen atoms in total. The highest BCUT2D eigenvalue weighted by atomic mass is 16.3. The van der Waals surface area contributed by atoms with Gasteiger partial charge in [0.25, 0.3) is 0 Å². The van der Waals surface area contributed by atoms with Gasteiger partial charge >= 0.3 is 0 Å². The van der Waals surface area contributed by atoms with Gasteiger partial charge in [-0.15, -0.1) is 0 Å². The van der Waals surface area contributed by atoms with Crippen LogP contribution in [-0.4, -0.2) is 11.2 Å². The van der Waals surface area contributed by atoms with Gasteiger partial charge in [-0.1, -0.05) is 24.6 Å². The number of aliphatic hydroxyl groups excluding tert-OH is 1. The minimum absolute atomic E-state index is 0.358. The van der Waals surface area contributed by atoms with Gasteiger partial charge < -0.3 is 5.11 Å². The molecule has 1 heteroatoms. The van der Waals surface area contributed by atoms with Crippen LogP contribution in [-0.2, 0) is 0 Å². The van der Waals surface area contributed by atoms with Crippen LogP contribution in [0.1, 0.15) is 20.8 Å². The molecule has 0 spiro atoms. The van der Waals surface area contributed by atoms with Gasteiger partial charge in [0, 0.05) is 5.92 Å². The monoisotopic (exact) mass is 137 g/mol. The van der Waals surface area contributed by atoms with Gasteiger partial charge in [0.15, 0.2) is 0 Å². The molecule has 1 atom stereocenters. The van der Waals surface area contributed by atoms with E-state index < -0.39 is 0 Å². The highest BCUT2D eigenvalue weighted by Gasteiger charge is 2.14. The van der Waals surface area contributed by atoms with Crippen LogP contribution in [0.25, 0.3) is 0 Å². The molecule has 1 aliphatic rings. The Balaban J connectivity index is 2.83. The van der Waals surface area contributed by atoms with Crippen molar-refractivity contribution in [1.29, 1.82) is 0 Å². The summed E-state index contributed by atoms with van der Waals surface area (Å²) >= 11 is 0. The molecule has 0 heterocycles. The second-order valence-electron chi connectivity index (χ2n) is 2.87. The van der Waals surface area contributed by atoms with E-state index in [9.17, 15) is 5.11 Å². The van der Waals surface area contributed by atoms with Gasteiger partial charge in [-0.25, -0.2) is 0 Å². The number of hydrogen-bond donors (Lipinski definition) is 1. The second kappa shape index (κ2) is 2.59. The third kappa shape index (κ3) is 1.29. The summed E-state index contributed by atoms with van der Waals surface area (Å²) in [7, 11) is 0. The molecule has 0 saturated heterocycles. The van der Waals surface area contributed by atoms with E-state index in [4.69, 9.17) is 0 Å². The lowest BCUT2D eigenvalue weighted by Gasteiger charge is -2.18. The minimum atomic E-state index is -0.358. The Morgan fingerprint density at radius 2 is 1.80 bits per heavy atom. The van der Waals surface area contributed by atoms with Crippen LogP contribution in [0, 0.1) is 5.92 Å². The normalized spacial score (nSPS) is 27.8. The highest BCUT2D eigenvalue weighted by molar-refractivity contribution is 5.39. The van der Waals surface area contributed by atoms with Gasteiger partial charge in [0.2, 0.25) is 0 Å². The first-order chi connectivity index (χ1) is 4.61. The van der Waals surface area contributed by atoms with E-state index in [0.717, 1.165) is 5.92 Å². The molecule has 0 amide bonds. The summed E-state index contributed by atoms with van der Waals surface area (Å²) in [6.07, 6.45) is 3.55. The lowest BCUT2D eigenvalue weighted by molar-refractivity contribution is 0.240. The van der Waals surface area contributed by atoms with Crippen molar-refractivity contribution in [3.8, 4) is 0 Å². The Bertz CT molecular complexity index is 167. The summed E-state index contributed by atoms with van der Waals surface area (Å²) in [6.45, 7) is 6.01. The van der Waals surface area contributed by atoms with Gasteiger partial charge in [-0.2, -0.15) is 0 Å². The third-order valence-electron chi connectivity index (χ3n) is 1.94. The molecular formula is C9H13O. The van der Waals surface area contributed by atoms with Crippen LogP contribution >= 0.6 is 0 Å². The number of aliphatic hydroxyl groups is 1. The first-order valence-corrected chi connectivity index (χ1v) is 3.50. The molecule has 0 aliphatic heterocycles. The maximum Gasteiger partial charge on any atom is 0.0824 e. The first kappa shape index (κ1) is 7.55. The number of allylic oxidation sites excluding steroid dienone is 2. The Hall–Kier alpha value is -0.560. The summed E-state index contributed by atoms with van der Waals surface area (Å²) in [5.74, 6) is 1.03. The summed E-state index contributed by atoms with van der Waals surface area (Å²) in [6, 6.07) is 0. The second-order valence-corrected chi connectivity index (χ2v) is 2.87. The van der Waals surface area contributed by atoms with E-state index in [2.05, 4.69) is 6.92 Å². The molecule has 0 fully saturated rings. The maximum absolute atomic E-state index is 9.31. The smallest absolute Gasteiger partial charge is 0.0824 e. The Morgan fingerprint density at radius 3 is 2.30 bits per heavy atom. The van der Waals surface area contributed by atoms with Crippen molar-refractivity contribution in [2.45, 2.75) is 26.9 Å². The third-order valence-corrected chi connectivity index (χ3v) is 1.94. The molecule has 1 rings (SSSR count). The zero-order valence-corrected chi connectivity index (χ0v) is 6.68. The lowest BCUT2D eigenvalue weighted by Crippen LogP contribution is -2.15. The molecule has 1 N–H and O–H groups in total. The number of rotatable bonds is 0. The predicted molar refractivity (Wildman–Crippen MR) is 42.4 cm³/mol. The van der Waals surface area contributed by atoms with E-state index >= 15 is 0 Å². The van der Waals surface area contributed by atoms with E-state index in [1.807, 2.05) is 26.0 Å². The molecule has 0 aromatic rings. The van der Waals surface area contributed by atoms with Crippen LogP contribution in [0.5, 0.6) is 0 Å². The van der Waals surface area contributed by atoms with Crippen molar-refractivity contribution in [3.05, 3.63) is 29.2 Å². The van der Waals surface area contributed by atoms with Crippen LogP contribution in [0.3, 0.4) is 0 Å². The average molecular weight is 137 g/mol. The molecular weight excluding hydrogens is 124 g/mol. The summed E-state index contributed by atoms with van der Waals surface area (Å²) in [5, 5.41) is 9.31. The zero-order chi connectivity index (χ0) is 7.72. The van der Waals surface area contributed by atoms with E-state index in [1.165, 1.54) is 11.1 Å². The average Bonchev–Trinajstić information content (AvgIpc) is 1.84. The van der Waals surface area contributed by atoms with Crippen LogP contribution < -0.4 is 0 Å². The van der Waals surface area contributed by atoms with Crippen LogP contribution in [0.2, 0.25) is 0 Å². The van der Waals surface area contributed by atoms with E-state index in [0.29, 0.717) is 0 Å². The topological polar surface area (TPSA) is 20.2 Å². The van der Waals surface area contributed by atoms with Crippen molar-refractivity contribution in [3.63, 3.8) is 0 Å². The van der Waals surface area contributed by atoms with Crippen molar-refractivity contribution >= 4 is 0 Å². The van der Waals surface area contributed by atoms with Gasteiger partial charge in [-0.3, -0.25) is 0 Å². The zero-order valence-electron chi connectivity index (χ0n) is 6.68. The molecule has 0 aromatic heterocycles. The maximum atomic E-state index is 9.31. The van der Waals surface area contributed by atoms with Gasteiger partial charge in [-0.05, 0) is 19.4 Å². The highest BCUT2D eigenvalue weighted by Crippen LogP contribution is 2.23. The largest absolute Gasteiger partial charge is 0.388 e. The number of hydrogen-bond acceptors (Lipinski definition) is 1. The predicted octanol–water partition coefficient (Wildman–Crippen LogP) is 1.85. The fraction of sp³-hybridized carbons (Fsp3) is 0.444. The molecule has 0 bridgehead atoms. The Kier molecular flexibility index (Phi) is 1.95. The van der Waals surface area contributed by atoms with Gasteiger partial charge in [0.1, 0.15) is 0 Å². The van der Waals surface area contributed by atoms with E-state index in [1.54, 1.807) is 0 Å². The van der Waals surface area contributed by atoms with Gasteiger partial charge in [0.05, 0.1) is 6.10 Å². The Labute approximate surface area is 62.1 Å². The SMILES string of the molecule is C[C]1C=C(C)C(C)=CC1O. The molecule has 55 valence electrons. The standard InChI is InChI=1S/C9H13O/c1-6-4-8(3)9(10)5-7(6)2/h4-5,9-10H,1-3H3. The molecule has 0 aromatic carbocycles.